The van der Waals surface area contributed by atoms with E-state index in [4.69, 9.17) is 10.8 Å². The molecule has 1 fully saturated rings. The molecule has 0 aliphatic carbocycles. The number of nitrogens with two attached hydrogens (primary N) is 1. The molecule has 7 nitrogen and oxygen atoms in total. The molecule has 1 aromatic heterocycles. The van der Waals surface area contributed by atoms with Crippen LogP contribution in [0.25, 0.3) is 0 Å². The molecule has 110 valence electrons. The van der Waals surface area contributed by atoms with Crippen molar-refractivity contribution in [3.05, 3.63) is 22.7 Å². The lowest BCUT2D eigenvalue weighted by Gasteiger charge is -2.21. The summed E-state index contributed by atoms with van der Waals surface area (Å²) in [5.41, 5.74) is 4.32. The summed E-state index contributed by atoms with van der Waals surface area (Å²) in [5, 5.41) is 9.12. The van der Waals surface area contributed by atoms with Gasteiger partial charge in [-0.05, 0) is 12.3 Å². The van der Waals surface area contributed by atoms with Crippen molar-refractivity contribution in [2.24, 2.45) is 11.7 Å². The maximum Gasteiger partial charge on any atom is 0.325 e. The van der Waals surface area contributed by atoms with E-state index in [1.807, 2.05) is 13.8 Å². The second-order valence-electron chi connectivity index (χ2n) is 5.74. The maximum absolute atomic E-state index is 12.3. The van der Waals surface area contributed by atoms with Crippen LogP contribution in [0.1, 0.15) is 20.3 Å². The molecule has 1 aliphatic rings. The van der Waals surface area contributed by atoms with Crippen LogP contribution in [-0.4, -0.2) is 39.3 Å². The summed E-state index contributed by atoms with van der Waals surface area (Å²) in [7, 11) is 0. The first-order valence-electron chi connectivity index (χ1n) is 6.66. The number of carbonyl (C=O) groups is 1. The predicted octanol–water partition coefficient (Wildman–Crippen LogP) is -0.108. The number of hydrogen-bond acceptors (Lipinski definition) is 5. The van der Waals surface area contributed by atoms with Gasteiger partial charge in [0, 0.05) is 32.0 Å². The molecule has 2 heterocycles. The molecule has 2 rings (SSSR count). The number of rotatable bonds is 4. The monoisotopic (exact) mass is 280 g/mol. The summed E-state index contributed by atoms with van der Waals surface area (Å²) in [6, 6.07) is 0. The van der Waals surface area contributed by atoms with Gasteiger partial charge in [-0.3, -0.25) is 9.59 Å². The molecule has 1 saturated heterocycles. The minimum absolute atomic E-state index is 0.107. The molecule has 0 radical (unpaired) electrons. The van der Waals surface area contributed by atoms with E-state index in [2.05, 4.69) is 4.98 Å². The van der Waals surface area contributed by atoms with Crippen LogP contribution in [0.5, 0.6) is 0 Å². The van der Waals surface area contributed by atoms with Crippen LogP contribution in [0.15, 0.2) is 17.2 Å². The van der Waals surface area contributed by atoms with Crippen molar-refractivity contribution >= 4 is 11.8 Å². The Balaban J connectivity index is 2.27. The molecule has 1 aromatic rings. The van der Waals surface area contributed by atoms with Gasteiger partial charge in [0.2, 0.25) is 0 Å². The molecular weight excluding hydrogens is 260 g/mol. The van der Waals surface area contributed by atoms with Gasteiger partial charge in [-0.25, -0.2) is 4.98 Å². The molecule has 1 aliphatic heterocycles. The predicted molar refractivity (Wildman–Crippen MR) is 74.7 cm³/mol. The number of nitrogens with zero attached hydrogens (tertiary/aromatic N) is 3. The Labute approximate surface area is 117 Å². The highest BCUT2D eigenvalue weighted by Gasteiger charge is 2.42. The minimum Gasteiger partial charge on any atom is -0.480 e. The van der Waals surface area contributed by atoms with Gasteiger partial charge >= 0.3 is 5.97 Å². The van der Waals surface area contributed by atoms with Crippen LogP contribution in [0.3, 0.4) is 0 Å². The first-order valence-corrected chi connectivity index (χ1v) is 6.66. The second-order valence-corrected chi connectivity index (χ2v) is 5.74. The molecule has 0 spiro atoms. The van der Waals surface area contributed by atoms with Crippen LogP contribution in [0.4, 0.5) is 5.82 Å². The van der Waals surface area contributed by atoms with Crippen LogP contribution < -0.4 is 16.2 Å². The Morgan fingerprint density at radius 2 is 2.30 bits per heavy atom. The molecule has 0 saturated carbocycles. The van der Waals surface area contributed by atoms with E-state index in [9.17, 15) is 9.59 Å². The Hall–Kier alpha value is -1.89. The van der Waals surface area contributed by atoms with E-state index in [1.165, 1.54) is 0 Å². The van der Waals surface area contributed by atoms with Gasteiger partial charge in [0.1, 0.15) is 5.54 Å². The zero-order valence-electron chi connectivity index (χ0n) is 11.7. The lowest BCUT2D eigenvalue weighted by Crippen LogP contribution is -2.50. The summed E-state index contributed by atoms with van der Waals surface area (Å²) in [6.45, 7) is 5.19. The van der Waals surface area contributed by atoms with E-state index >= 15 is 0 Å². The molecular formula is C13H20N4O3. The van der Waals surface area contributed by atoms with Crippen LogP contribution in [-0.2, 0) is 11.3 Å². The lowest BCUT2D eigenvalue weighted by atomic mass is 10.0. The van der Waals surface area contributed by atoms with E-state index in [0.29, 0.717) is 25.4 Å². The van der Waals surface area contributed by atoms with Crippen molar-refractivity contribution in [3.63, 3.8) is 0 Å². The van der Waals surface area contributed by atoms with Crippen molar-refractivity contribution in [3.8, 4) is 0 Å². The number of hydrogen-bond donors (Lipinski definition) is 2. The molecule has 7 heteroatoms. The van der Waals surface area contributed by atoms with Gasteiger partial charge < -0.3 is 20.3 Å². The summed E-state index contributed by atoms with van der Waals surface area (Å²) in [6.07, 6.45) is 3.52. The number of anilines is 1. The topological polar surface area (TPSA) is 101 Å². The van der Waals surface area contributed by atoms with E-state index in [0.717, 1.165) is 0 Å². The summed E-state index contributed by atoms with van der Waals surface area (Å²) >= 11 is 0. The zero-order chi connectivity index (χ0) is 14.9. The highest BCUT2D eigenvalue weighted by molar-refractivity contribution is 5.80. The second kappa shape index (κ2) is 5.24. The molecule has 0 amide bonds. The Kier molecular flexibility index (Phi) is 3.80. The number of aliphatic carboxylic acids is 1. The fourth-order valence-corrected chi connectivity index (χ4v) is 2.38. The standard InChI is InChI=1S/C13H20N4O3/c1-9(2)7-16-6-4-15-10(11(16)18)17-5-3-13(14,8-17)12(19)20/h4,6,9H,3,5,7-8,14H2,1-2H3,(H,19,20). The Morgan fingerprint density at radius 3 is 2.85 bits per heavy atom. The molecule has 3 N–H and O–H groups in total. The largest absolute Gasteiger partial charge is 0.480 e. The average Bonchev–Trinajstić information content (AvgIpc) is 2.75. The van der Waals surface area contributed by atoms with Crippen molar-refractivity contribution in [1.29, 1.82) is 0 Å². The van der Waals surface area contributed by atoms with Gasteiger partial charge in [-0.2, -0.15) is 0 Å². The third kappa shape index (κ3) is 2.67. The third-order valence-electron chi connectivity index (χ3n) is 3.48. The van der Waals surface area contributed by atoms with Crippen molar-refractivity contribution in [2.45, 2.75) is 32.4 Å². The Bertz CT molecular complexity index is 569. The zero-order valence-corrected chi connectivity index (χ0v) is 11.7. The molecule has 0 aromatic carbocycles. The fraction of sp³-hybridized carbons (Fsp3) is 0.615. The number of aromatic nitrogens is 2. The van der Waals surface area contributed by atoms with Crippen LogP contribution in [0, 0.1) is 5.92 Å². The summed E-state index contributed by atoms with van der Waals surface area (Å²) in [5.74, 6) is -0.422. The first kappa shape index (κ1) is 14.5. The number of carboxylic acid groups (broad SMARTS) is 1. The lowest BCUT2D eigenvalue weighted by molar-refractivity contribution is -0.142. The minimum atomic E-state index is -1.30. The van der Waals surface area contributed by atoms with Gasteiger partial charge in [0.05, 0.1) is 0 Å². The summed E-state index contributed by atoms with van der Waals surface area (Å²) < 4.78 is 1.60. The fourth-order valence-electron chi connectivity index (χ4n) is 2.38. The van der Waals surface area contributed by atoms with Gasteiger partial charge in [-0.1, -0.05) is 13.8 Å². The van der Waals surface area contributed by atoms with Crippen molar-refractivity contribution < 1.29 is 9.90 Å². The average molecular weight is 280 g/mol. The molecule has 0 bridgehead atoms. The first-order chi connectivity index (χ1) is 9.33. The highest BCUT2D eigenvalue weighted by atomic mass is 16.4. The maximum atomic E-state index is 12.3. The van der Waals surface area contributed by atoms with Gasteiger partial charge in [0.25, 0.3) is 5.56 Å². The van der Waals surface area contributed by atoms with Crippen molar-refractivity contribution in [1.82, 2.24) is 9.55 Å². The normalized spacial score (nSPS) is 22.5. The quantitative estimate of drug-likeness (QED) is 0.798. The molecule has 20 heavy (non-hydrogen) atoms. The van der Waals surface area contributed by atoms with Gasteiger partial charge in [-0.15, -0.1) is 0 Å². The van der Waals surface area contributed by atoms with Crippen molar-refractivity contribution in [2.75, 3.05) is 18.0 Å². The molecule has 1 atom stereocenters. The molecule has 1 unspecified atom stereocenters. The number of carboxylic acids is 1. The van der Waals surface area contributed by atoms with E-state index in [1.54, 1.807) is 21.9 Å². The van der Waals surface area contributed by atoms with Gasteiger partial charge in [0.15, 0.2) is 5.82 Å². The Morgan fingerprint density at radius 1 is 1.60 bits per heavy atom. The SMILES string of the molecule is CC(C)Cn1ccnc(N2CCC(N)(C(=O)O)C2)c1=O. The van der Waals surface area contributed by atoms with Crippen LogP contribution >= 0.6 is 0 Å². The smallest absolute Gasteiger partial charge is 0.325 e. The highest BCUT2D eigenvalue weighted by Crippen LogP contribution is 2.21. The van der Waals surface area contributed by atoms with E-state index in [-0.39, 0.29) is 17.9 Å². The van der Waals surface area contributed by atoms with Crippen LogP contribution in [0.2, 0.25) is 0 Å². The summed E-state index contributed by atoms with van der Waals surface area (Å²) in [4.78, 5) is 29.2. The van der Waals surface area contributed by atoms with E-state index < -0.39 is 11.5 Å². The third-order valence-corrected chi connectivity index (χ3v) is 3.48.